The van der Waals surface area contributed by atoms with Crippen LogP contribution in [0.2, 0.25) is 5.02 Å². The predicted octanol–water partition coefficient (Wildman–Crippen LogP) is 2.72. The number of rotatable bonds is 6. The highest BCUT2D eigenvalue weighted by Crippen LogP contribution is 2.21. The molecule has 96 valence electrons. The summed E-state index contributed by atoms with van der Waals surface area (Å²) in [6, 6.07) is 4.57. The van der Waals surface area contributed by atoms with E-state index in [1.807, 2.05) is 6.92 Å². The van der Waals surface area contributed by atoms with Crippen LogP contribution < -0.4 is 5.32 Å². The molecule has 0 spiro atoms. The van der Waals surface area contributed by atoms with Gasteiger partial charge in [-0.05, 0) is 18.6 Å². The summed E-state index contributed by atoms with van der Waals surface area (Å²) in [5, 5.41) is 2.75. The standard InChI is InChI=1S/C11H15ClFNO2S/c1-2-7-17(15,16)8-6-14-10-5-3-4-9(12)11(10)13/h3-5,14H,2,6-8H2,1H3. The number of sulfone groups is 1. The molecule has 0 radical (unpaired) electrons. The van der Waals surface area contributed by atoms with Crippen molar-refractivity contribution in [2.45, 2.75) is 13.3 Å². The third-order valence-corrected chi connectivity index (χ3v) is 4.34. The van der Waals surface area contributed by atoms with Gasteiger partial charge in [-0.3, -0.25) is 0 Å². The molecule has 0 fully saturated rings. The number of nitrogens with one attached hydrogen (secondary N) is 1. The van der Waals surface area contributed by atoms with E-state index < -0.39 is 15.7 Å². The fraction of sp³-hybridized carbons (Fsp3) is 0.455. The number of benzene rings is 1. The summed E-state index contributed by atoms with van der Waals surface area (Å²) in [5.41, 5.74) is 0.226. The van der Waals surface area contributed by atoms with Crippen molar-refractivity contribution >= 4 is 27.1 Å². The van der Waals surface area contributed by atoms with Crippen molar-refractivity contribution in [2.24, 2.45) is 0 Å². The van der Waals surface area contributed by atoms with Crippen LogP contribution in [0, 0.1) is 5.82 Å². The van der Waals surface area contributed by atoms with Gasteiger partial charge < -0.3 is 5.32 Å². The van der Waals surface area contributed by atoms with Crippen molar-refractivity contribution in [3.8, 4) is 0 Å². The molecule has 0 aromatic heterocycles. The molecule has 0 bridgehead atoms. The molecule has 0 aliphatic heterocycles. The van der Waals surface area contributed by atoms with E-state index in [0.29, 0.717) is 6.42 Å². The lowest BCUT2D eigenvalue weighted by atomic mass is 10.3. The van der Waals surface area contributed by atoms with Gasteiger partial charge in [-0.1, -0.05) is 24.6 Å². The minimum atomic E-state index is -3.04. The van der Waals surface area contributed by atoms with E-state index in [4.69, 9.17) is 11.6 Å². The SMILES string of the molecule is CCCS(=O)(=O)CCNc1cccc(Cl)c1F. The highest BCUT2D eigenvalue weighted by Gasteiger charge is 2.10. The number of anilines is 1. The van der Waals surface area contributed by atoms with Gasteiger partial charge in [0, 0.05) is 12.3 Å². The first-order valence-electron chi connectivity index (χ1n) is 5.34. The molecular formula is C11H15ClFNO2S. The maximum absolute atomic E-state index is 13.4. The Morgan fingerprint density at radius 1 is 1.35 bits per heavy atom. The lowest BCUT2D eigenvalue weighted by molar-refractivity contribution is 0.594. The molecule has 0 unspecified atom stereocenters. The molecule has 0 heterocycles. The van der Waals surface area contributed by atoms with E-state index in [9.17, 15) is 12.8 Å². The zero-order valence-corrected chi connectivity index (χ0v) is 11.1. The predicted molar refractivity (Wildman–Crippen MR) is 68.8 cm³/mol. The normalized spacial score (nSPS) is 11.5. The fourth-order valence-corrected chi connectivity index (χ4v) is 2.81. The summed E-state index contributed by atoms with van der Waals surface area (Å²) in [6.45, 7) is 1.99. The van der Waals surface area contributed by atoms with Crippen LogP contribution in [-0.4, -0.2) is 26.5 Å². The van der Waals surface area contributed by atoms with Crippen LogP contribution >= 0.6 is 11.6 Å². The van der Waals surface area contributed by atoms with Crippen molar-refractivity contribution in [3.05, 3.63) is 29.0 Å². The van der Waals surface area contributed by atoms with Crippen molar-refractivity contribution < 1.29 is 12.8 Å². The molecule has 17 heavy (non-hydrogen) atoms. The van der Waals surface area contributed by atoms with Crippen molar-refractivity contribution in [3.63, 3.8) is 0 Å². The van der Waals surface area contributed by atoms with Gasteiger partial charge in [0.15, 0.2) is 15.7 Å². The third kappa shape index (κ3) is 4.52. The smallest absolute Gasteiger partial charge is 0.164 e. The molecule has 1 N–H and O–H groups in total. The second-order valence-electron chi connectivity index (χ2n) is 3.68. The molecule has 0 aliphatic carbocycles. The van der Waals surface area contributed by atoms with Gasteiger partial charge in [0.1, 0.15) is 0 Å². The molecule has 0 aliphatic rings. The van der Waals surface area contributed by atoms with Crippen LogP contribution in [0.15, 0.2) is 18.2 Å². The van der Waals surface area contributed by atoms with Gasteiger partial charge in [-0.25, -0.2) is 12.8 Å². The molecule has 0 amide bonds. The van der Waals surface area contributed by atoms with Gasteiger partial charge >= 0.3 is 0 Å². The van der Waals surface area contributed by atoms with Crippen molar-refractivity contribution in [1.29, 1.82) is 0 Å². The molecule has 1 aromatic rings. The number of halogens is 2. The summed E-state index contributed by atoms with van der Waals surface area (Å²) in [6.07, 6.45) is 0.591. The van der Waals surface area contributed by atoms with Crippen LogP contribution in [0.25, 0.3) is 0 Å². The Hall–Kier alpha value is -0.810. The highest BCUT2D eigenvalue weighted by atomic mass is 35.5. The maximum atomic E-state index is 13.4. The van der Waals surface area contributed by atoms with Gasteiger partial charge in [0.25, 0.3) is 0 Å². The first kappa shape index (κ1) is 14.3. The summed E-state index contributed by atoms with van der Waals surface area (Å²) in [5.74, 6) is -0.401. The zero-order valence-electron chi connectivity index (χ0n) is 9.54. The lowest BCUT2D eigenvalue weighted by Gasteiger charge is -2.08. The van der Waals surface area contributed by atoms with E-state index in [-0.39, 0.29) is 28.8 Å². The van der Waals surface area contributed by atoms with E-state index in [1.165, 1.54) is 12.1 Å². The first-order chi connectivity index (χ1) is 7.96. The molecule has 1 rings (SSSR count). The quantitative estimate of drug-likeness (QED) is 0.871. The van der Waals surface area contributed by atoms with E-state index >= 15 is 0 Å². The molecule has 0 saturated heterocycles. The van der Waals surface area contributed by atoms with E-state index in [2.05, 4.69) is 5.32 Å². The largest absolute Gasteiger partial charge is 0.382 e. The third-order valence-electron chi connectivity index (χ3n) is 2.20. The van der Waals surface area contributed by atoms with Crippen molar-refractivity contribution in [1.82, 2.24) is 0 Å². The first-order valence-corrected chi connectivity index (χ1v) is 7.54. The van der Waals surface area contributed by atoms with Crippen LogP contribution in [0.3, 0.4) is 0 Å². The zero-order chi connectivity index (χ0) is 12.9. The lowest BCUT2D eigenvalue weighted by Crippen LogP contribution is -2.18. The molecular weight excluding hydrogens is 265 g/mol. The average molecular weight is 280 g/mol. The Morgan fingerprint density at radius 3 is 2.71 bits per heavy atom. The molecule has 1 aromatic carbocycles. The fourth-order valence-electron chi connectivity index (χ4n) is 1.39. The molecule has 3 nitrogen and oxygen atoms in total. The second kappa shape index (κ2) is 6.21. The van der Waals surface area contributed by atoms with Crippen LogP contribution in [0.5, 0.6) is 0 Å². The molecule has 6 heteroatoms. The van der Waals surface area contributed by atoms with Crippen LogP contribution in [-0.2, 0) is 9.84 Å². The topological polar surface area (TPSA) is 46.2 Å². The van der Waals surface area contributed by atoms with Crippen LogP contribution in [0.1, 0.15) is 13.3 Å². The summed E-state index contributed by atoms with van der Waals surface area (Å²) >= 11 is 5.60. The summed E-state index contributed by atoms with van der Waals surface area (Å²) in [7, 11) is -3.04. The average Bonchev–Trinajstić information content (AvgIpc) is 2.24. The number of hydrogen-bond acceptors (Lipinski definition) is 3. The number of hydrogen-bond donors (Lipinski definition) is 1. The molecule has 0 atom stereocenters. The summed E-state index contributed by atoms with van der Waals surface area (Å²) in [4.78, 5) is 0. The monoisotopic (exact) mass is 279 g/mol. The minimum absolute atomic E-state index is 0.00715. The molecule has 0 saturated carbocycles. The Bertz CT molecular complexity index is 476. The highest BCUT2D eigenvalue weighted by molar-refractivity contribution is 7.91. The van der Waals surface area contributed by atoms with E-state index in [1.54, 1.807) is 6.07 Å². The van der Waals surface area contributed by atoms with Gasteiger partial charge in [0.2, 0.25) is 0 Å². The Balaban J connectivity index is 2.55. The van der Waals surface area contributed by atoms with Crippen LogP contribution in [0.4, 0.5) is 10.1 Å². The van der Waals surface area contributed by atoms with Gasteiger partial charge in [-0.2, -0.15) is 0 Å². The summed E-state index contributed by atoms with van der Waals surface area (Å²) < 4.78 is 36.3. The Kier molecular flexibility index (Phi) is 5.21. The minimum Gasteiger partial charge on any atom is -0.382 e. The van der Waals surface area contributed by atoms with Crippen molar-refractivity contribution in [2.75, 3.05) is 23.4 Å². The van der Waals surface area contributed by atoms with E-state index in [0.717, 1.165) is 0 Å². The Morgan fingerprint density at radius 2 is 2.06 bits per heavy atom. The van der Waals surface area contributed by atoms with Gasteiger partial charge in [-0.15, -0.1) is 0 Å². The maximum Gasteiger partial charge on any atom is 0.164 e. The van der Waals surface area contributed by atoms with Gasteiger partial charge in [0.05, 0.1) is 16.5 Å². The Labute approximate surface area is 106 Å². The second-order valence-corrected chi connectivity index (χ2v) is 6.39.